The van der Waals surface area contributed by atoms with E-state index in [0.717, 1.165) is 35.9 Å². The highest BCUT2D eigenvalue weighted by molar-refractivity contribution is 6.04. The van der Waals surface area contributed by atoms with E-state index in [1.54, 1.807) is 35.5 Å². The number of aromatic nitrogens is 3. The molecule has 10 heteroatoms. The van der Waals surface area contributed by atoms with E-state index in [0.29, 0.717) is 37.3 Å². The quantitative estimate of drug-likeness (QED) is 0.257. The number of amides is 1. The van der Waals surface area contributed by atoms with E-state index in [4.69, 9.17) is 0 Å². The zero-order valence-corrected chi connectivity index (χ0v) is 20.6. The molecule has 0 bridgehead atoms. The molecule has 2 aromatic carbocycles. The van der Waals surface area contributed by atoms with E-state index in [1.807, 2.05) is 24.3 Å². The summed E-state index contributed by atoms with van der Waals surface area (Å²) in [4.78, 5) is 18.7. The van der Waals surface area contributed by atoms with Gasteiger partial charge in [-0.2, -0.15) is 18.3 Å². The van der Waals surface area contributed by atoms with Gasteiger partial charge in [-0.1, -0.05) is 12.1 Å². The maximum absolute atomic E-state index is 13.8. The molecule has 0 atom stereocenters. The number of carbonyl (C=O) groups is 1. The van der Waals surface area contributed by atoms with E-state index >= 15 is 0 Å². The van der Waals surface area contributed by atoms with Gasteiger partial charge in [-0.05, 0) is 73.7 Å². The Morgan fingerprint density at radius 3 is 2.58 bits per heavy atom. The molecule has 0 radical (unpaired) electrons. The Morgan fingerprint density at radius 1 is 0.974 bits per heavy atom. The molecule has 1 amide bonds. The van der Waals surface area contributed by atoms with Crippen molar-refractivity contribution in [2.45, 2.75) is 31.9 Å². The first kappa shape index (κ1) is 25.3. The second kappa shape index (κ2) is 11.0. The average Bonchev–Trinajstić information content (AvgIpc) is 3.60. The second-order valence-electron chi connectivity index (χ2n) is 9.22. The molecule has 3 N–H and O–H groups in total. The molecule has 1 fully saturated rings. The maximum Gasteiger partial charge on any atom is 0.418 e. The maximum atomic E-state index is 13.8. The highest BCUT2D eigenvalue weighted by Crippen LogP contribution is 2.39. The van der Waals surface area contributed by atoms with Crippen molar-refractivity contribution in [3.05, 3.63) is 95.4 Å². The van der Waals surface area contributed by atoms with Crippen molar-refractivity contribution in [1.29, 1.82) is 0 Å². The highest BCUT2D eigenvalue weighted by atomic mass is 19.4. The zero-order chi connectivity index (χ0) is 26.5. The highest BCUT2D eigenvalue weighted by Gasteiger charge is 2.35. The molecule has 38 heavy (non-hydrogen) atoms. The molecule has 2 aromatic heterocycles. The Bertz CT molecular complexity index is 1400. The van der Waals surface area contributed by atoms with Crippen LogP contribution in [-0.2, 0) is 19.0 Å². The number of carbonyl (C=O) groups excluding carboxylic acids is 1. The number of nitrogens with zero attached hydrogens (tertiary/aromatic N) is 3. The lowest BCUT2D eigenvalue weighted by molar-refractivity contribution is -0.137. The Hall–Kier alpha value is -4.34. The third-order valence-corrected chi connectivity index (χ3v) is 6.44. The van der Waals surface area contributed by atoms with Crippen molar-refractivity contribution in [2.24, 2.45) is 0 Å². The monoisotopic (exact) mass is 520 g/mol. The number of hydrogen-bond acceptors (Lipinski definition) is 5. The summed E-state index contributed by atoms with van der Waals surface area (Å²) in [6, 6.07) is 16.7. The van der Waals surface area contributed by atoms with Crippen LogP contribution in [0.2, 0.25) is 0 Å². The number of nitrogens with one attached hydrogen (secondary N) is 3. The average molecular weight is 521 g/mol. The second-order valence-corrected chi connectivity index (χ2v) is 9.22. The smallest absolute Gasteiger partial charge is 0.371 e. The van der Waals surface area contributed by atoms with Gasteiger partial charge < -0.3 is 15.5 Å². The lowest BCUT2D eigenvalue weighted by Gasteiger charge is -2.23. The molecule has 0 spiro atoms. The predicted octanol–water partition coefficient (Wildman–Crippen LogP) is 6.20. The first-order valence-corrected chi connectivity index (χ1v) is 12.4. The van der Waals surface area contributed by atoms with Gasteiger partial charge in [0.25, 0.3) is 5.91 Å². The van der Waals surface area contributed by atoms with Crippen LogP contribution in [0.25, 0.3) is 0 Å². The number of benzene rings is 2. The normalized spacial score (nSPS) is 13.5. The van der Waals surface area contributed by atoms with Crippen LogP contribution in [0.5, 0.6) is 0 Å². The Morgan fingerprint density at radius 2 is 1.82 bits per heavy atom. The van der Waals surface area contributed by atoms with Crippen LogP contribution in [-0.4, -0.2) is 34.2 Å². The van der Waals surface area contributed by atoms with Crippen LogP contribution < -0.4 is 15.5 Å². The minimum Gasteiger partial charge on any atom is -0.371 e. The minimum absolute atomic E-state index is 0.113. The summed E-state index contributed by atoms with van der Waals surface area (Å²) < 4.78 is 41.3. The molecule has 1 saturated heterocycles. The molecule has 196 valence electrons. The molecule has 0 unspecified atom stereocenters. The summed E-state index contributed by atoms with van der Waals surface area (Å²) in [5, 5.41) is 13.1. The van der Waals surface area contributed by atoms with Crippen LogP contribution in [0.15, 0.2) is 73.1 Å². The molecule has 7 nitrogen and oxygen atoms in total. The van der Waals surface area contributed by atoms with Crippen molar-refractivity contribution < 1.29 is 18.0 Å². The number of hydrogen-bond donors (Lipinski definition) is 3. The van der Waals surface area contributed by atoms with Crippen LogP contribution >= 0.6 is 0 Å². The fraction of sp³-hybridized carbons (Fsp3) is 0.250. The minimum atomic E-state index is -4.52. The van der Waals surface area contributed by atoms with E-state index in [9.17, 15) is 18.0 Å². The predicted molar refractivity (Wildman–Crippen MR) is 141 cm³/mol. The molecular weight excluding hydrogens is 493 g/mol. The molecule has 5 rings (SSSR count). The summed E-state index contributed by atoms with van der Waals surface area (Å²) in [5.74, 6) is 0.216. The van der Waals surface area contributed by atoms with Gasteiger partial charge in [0.1, 0.15) is 0 Å². The number of alkyl halides is 3. The molecular formula is C28H27F3N6O. The van der Waals surface area contributed by atoms with Crippen LogP contribution in [0.4, 0.5) is 36.1 Å². The largest absolute Gasteiger partial charge is 0.418 e. The summed E-state index contributed by atoms with van der Waals surface area (Å²) >= 11 is 0. The number of aryl methyl sites for hydroxylation is 2. The fourth-order valence-electron chi connectivity index (χ4n) is 4.56. The van der Waals surface area contributed by atoms with Crippen LogP contribution in [0.1, 0.15) is 40.0 Å². The number of pyridine rings is 1. The lowest BCUT2D eigenvalue weighted by Crippen LogP contribution is -2.22. The van der Waals surface area contributed by atoms with E-state index in [2.05, 4.69) is 25.8 Å². The standard InChI is InChI=1S/C28H27F3N6O/c29-28(30,31)24-16-21(10-11-25(24)37-13-1-2-14-37)34-27(38)20-6-3-5-19(15-20)8-9-22-17-26(36-35-22)33-23-7-4-12-32-18-23/h3-7,10-12,15-18H,1-2,8-9,13-14H2,(H,34,38)(H2,33,35,36). The van der Waals surface area contributed by atoms with Crippen molar-refractivity contribution in [3.8, 4) is 0 Å². The summed E-state index contributed by atoms with van der Waals surface area (Å²) in [7, 11) is 0. The van der Waals surface area contributed by atoms with E-state index in [1.165, 1.54) is 12.1 Å². The van der Waals surface area contributed by atoms with Gasteiger partial charge in [0.05, 0.1) is 17.4 Å². The number of halogens is 3. The Balaban J connectivity index is 1.23. The van der Waals surface area contributed by atoms with E-state index < -0.39 is 17.6 Å². The number of rotatable bonds is 8. The molecule has 0 saturated carbocycles. The number of H-pyrrole nitrogens is 1. The Labute approximate surface area is 218 Å². The molecule has 4 aromatic rings. The summed E-state index contributed by atoms with van der Waals surface area (Å²) in [5.41, 5.74) is 2.59. The summed E-state index contributed by atoms with van der Waals surface area (Å²) in [6.45, 7) is 1.20. The third kappa shape index (κ3) is 6.13. The number of anilines is 4. The fourth-order valence-corrected chi connectivity index (χ4v) is 4.56. The topological polar surface area (TPSA) is 85.9 Å². The van der Waals surface area contributed by atoms with Gasteiger partial charge in [0.2, 0.25) is 0 Å². The first-order valence-electron chi connectivity index (χ1n) is 12.4. The van der Waals surface area contributed by atoms with Crippen molar-refractivity contribution in [1.82, 2.24) is 15.2 Å². The third-order valence-electron chi connectivity index (χ3n) is 6.44. The number of aromatic amines is 1. The van der Waals surface area contributed by atoms with Gasteiger partial charge in [-0.25, -0.2) is 0 Å². The van der Waals surface area contributed by atoms with Crippen LogP contribution in [0, 0.1) is 0 Å². The van der Waals surface area contributed by atoms with Gasteiger partial charge >= 0.3 is 6.18 Å². The van der Waals surface area contributed by atoms with Gasteiger partial charge in [0, 0.05) is 48.0 Å². The molecule has 0 aliphatic carbocycles. The van der Waals surface area contributed by atoms with Crippen LogP contribution in [0.3, 0.4) is 0 Å². The summed E-state index contributed by atoms with van der Waals surface area (Å²) in [6.07, 6.45) is 1.94. The van der Waals surface area contributed by atoms with Gasteiger partial charge in [0.15, 0.2) is 5.82 Å². The molecule has 3 heterocycles. The van der Waals surface area contributed by atoms with Crippen molar-refractivity contribution in [2.75, 3.05) is 28.6 Å². The SMILES string of the molecule is O=C(Nc1ccc(N2CCCC2)c(C(F)(F)F)c1)c1cccc(CCc2cc(Nc3cccnc3)n[nH]2)c1. The molecule has 1 aliphatic rings. The lowest BCUT2D eigenvalue weighted by atomic mass is 10.0. The van der Waals surface area contributed by atoms with Gasteiger partial charge in [-0.3, -0.25) is 14.9 Å². The van der Waals surface area contributed by atoms with Gasteiger partial charge in [-0.15, -0.1) is 0 Å². The zero-order valence-electron chi connectivity index (χ0n) is 20.6. The van der Waals surface area contributed by atoms with Crippen molar-refractivity contribution >= 4 is 28.8 Å². The van der Waals surface area contributed by atoms with E-state index in [-0.39, 0.29) is 11.4 Å². The van der Waals surface area contributed by atoms with Crippen molar-refractivity contribution in [3.63, 3.8) is 0 Å². The molecule has 1 aliphatic heterocycles. The Kier molecular flexibility index (Phi) is 7.30. The first-order chi connectivity index (χ1) is 18.3.